The number of nitrogens with zero attached hydrogens (tertiary/aromatic N) is 3. The van der Waals surface area contributed by atoms with Crippen LogP contribution in [0.25, 0.3) is 28.1 Å². The molecule has 1 aliphatic carbocycles. The summed E-state index contributed by atoms with van der Waals surface area (Å²) in [6, 6.07) is 14.5. The van der Waals surface area contributed by atoms with Crippen molar-refractivity contribution in [2.75, 3.05) is 14.1 Å². The van der Waals surface area contributed by atoms with E-state index in [1.807, 2.05) is 48.5 Å². The summed E-state index contributed by atoms with van der Waals surface area (Å²) in [5.74, 6) is -0.585. The molecule has 158 valence electrons. The molecule has 8 heteroatoms. The maximum absolute atomic E-state index is 13.3. The molecule has 0 bridgehead atoms. The van der Waals surface area contributed by atoms with E-state index in [-0.39, 0.29) is 11.1 Å². The number of fused-ring (bicyclic) bond motifs is 4. The number of imide groups is 1. The normalized spacial score (nSPS) is 14.3. The van der Waals surface area contributed by atoms with Gasteiger partial charge < -0.3 is 4.74 Å². The number of hydrogen-bond donors (Lipinski definition) is 0. The third-order valence-corrected chi connectivity index (χ3v) is 6.15. The van der Waals surface area contributed by atoms with Gasteiger partial charge in [-0.15, -0.1) is 4.98 Å². The summed E-state index contributed by atoms with van der Waals surface area (Å²) >= 11 is 3.45. The van der Waals surface area contributed by atoms with Crippen LogP contribution in [-0.2, 0) is 9.53 Å². The third kappa shape index (κ3) is 2.83. The van der Waals surface area contributed by atoms with Gasteiger partial charge >= 0.3 is 17.9 Å². The molecule has 0 saturated carbocycles. The molecule has 0 fully saturated rings. The van der Waals surface area contributed by atoms with Gasteiger partial charge in [0.15, 0.2) is 5.69 Å². The fourth-order valence-electron chi connectivity index (χ4n) is 4.18. The second-order valence-corrected chi connectivity index (χ2v) is 8.51. The van der Waals surface area contributed by atoms with Crippen molar-refractivity contribution in [3.63, 3.8) is 0 Å². The van der Waals surface area contributed by atoms with Gasteiger partial charge in [-0.2, -0.15) is 9.48 Å². The standard InChI is InChI=1S/C24H17BrN3O4/c1-12(29)32-21-16-7-5-4-6-15(16)20-18(21)17(13-8-10-14(25)11-9-13)19-22(26-20)27(2)24(31)28(3)23(19)30/h4-11H,1-3H3/q+1. The Morgan fingerprint density at radius 2 is 1.69 bits per heavy atom. The lowest BCUT2D eigenvalue weighted by Gasteiger charge is -2.18. The van der Waals surface area contributed by atoms with Gasteiger partial charge in [0.1, 0.15) is 11.3 Å². The summed E-state index contributed by atoms with van der Waals surface area (Å²) < 4.78 is 7.92. The lowest BCUT2D eigenvalue weighted by Crippen LogP contribution is -2.54. The summed E-state index contributed by atoms with van der Waals surface area (Å²) in [6.07, 6.45) is 0. The lowest BCUT2D eigenvalue weighted by molar-refractivity contribution is -0.134. The van der Waals surface area contributed by atoms with Crippen LogP contribution in [-0.4, -0.2) is 41.9 Å². The summed E-state index contributed by atoms with van der Waals surface area (Å²) in [4.78, 5) is 43.8. The number of rotatable bonds is 2. The van der Waals surface area contributed by atoms with Crippen molar-refractivity contribution in [1.82, 2.24) is 14.5 Å². The molecule has 0 saturated heterocycles. The van der Waals surface area contributed by atoms with Gasteiger partial charge in [-0.1, -0.05) is 52.3 Å². The van der Waals surface area contributed by atoms with Crippen LogP contribution >= 0.6 is 15.9 Å². The summed E-state index contributed by atoms with van der Waals surface area (Å²) in [5, 5.41) is 0.562. The van der Waals surface area contributed by atoms with Crippen molar-refractivity contribution in [3.8, 4) is 22.4 Å². The van der Waals surface area contributed by atoms with Crippen LogP contribution in [0, 0.1) is 0 Å². The van der Waals surface area contributed by atoms with Crippen molar-refractivity contribution in [3.05, 3.63) is 74.8 Å². The van der Waals surface area contributed by atoms with Gasteiger partial charge in [-0.05, 0) is 17.7 Å². The molecule has 32 heavy (non-hydrogen) atoms. The first-order chi connectivity index (χ1) is 15.3. The highest BCUT2D eigenvalue weighted by Crippen LogP contribution is 2.34. The molecule has 3 amide bonds. The quantitative estimate of drug-likeness (QED) is 0.407. The number of amides is 3. The lowest BCUT2D eigenvalue weighted by atomic mass is 9.96. The Kier molecular flexibility index (Phi) is 4.56. The molecule has 0 N–H and O–H groups in total. The van der Waals surface area contributed by atoms with E-state index in [1.165, 1.54) is 18.5 Å². The molecular formula is C24H17BrN3O4+. The van der Waals surface area contributed by atoms with Crippen LogP contribution in [0.5, 0.6) is 0 Å². The molecule has 1 aliphatic heterocycles. The number of esters is 1. The predicted molar refractivity (Wildman–Crippen MR) is 121 cm³/mol. The van der Waals surface area contributed by atoms with Crippen LogP contribution in [0.4, 0.5) is 4.79 Å². The molecule has 2 aromatic carbocycles. The zero-order chi connectivity index (χ0) is 22.7. The van der Waals surface area contributed by atoms with Gasteiger partial charge in [-0.3, -0.25) is 4.79 Å². The van der Waals surface area contributed by atoms with E-state index in [1.54, 1.807) is 7.05 Å². The number of carbonyl (C=O) groups is 3. The Bertz CT molecular complexity index is 1490. The van der Waals surface area contributed by atoms with E-state index in [4.69, 9.17) is 9.72 Å². The first-order valence-corrected chi connectivity index (χ1v) is 10.6. The molecule has 7 nitrogen and oxygen atoms in total. The molecule has 5 rings (SSSR count). The van der Waals surface area contributed by atoms with Crippen molar-refractivity contribution >= 4 is 39.6 Å². The van der Waals surface area contributed by atoms with Crippen LogP contribution in [0.2, 0.25) is 0 Å². The molecule has 2 heterocycles. The molecule has 1 aromatic heterocycles. The number of hydrogen-bond acceptors (Lipinski definition) is 5. The molecule has 0 unspecified atom stereocenters. The highest BCUT2D eigenvalue weighted by molar-refractivity contribution is 9.10. The number of carbonyl (C=O) groups excluding carboxylic acids is 3. The van der Waals surface area contributed by atoms with E-state index in [0.29, 0.717) is 27.8 Å². The first-order valence-electron chi connectivity index (χ1n) is 9.84. The van der Waals surface area contributed by atoms with Crippen LogP contribution < -0.4 is 15.3 Å². The van der Waals surface area contributed by atoms with Crippen molar-refractivity contribution in [2.45, 2.75) is 6.92 Å². The van der Waals surface area contributed by atoms with Crippen molar-refractivity contribution < 1.29 is 19.1 Å². The molecule has 0 spiro atoms. The minimum absolute atomic E-state index is 0.272. The Hall–Kier alpha value is -3.65. The summed E-state index contributed by atoms with van der Waals surface area (Å²) in [5.41, 5.74) is 3.91. The van der Waals surface area contributed by atoms with Crippen LogP contribution in [0.15, 0.2) is 53.0 Å². The van der Waals surface area contributed by atoms with E-state index >= 15 is 0 Å². The number of benzene rings is 2. The minimum Gasteiger partial charge on any atom is -0.425 e. The fourth-order valence-corrected chi connectivity index (χ4v) is 4.45. The maximum atomic E-state index is 13.3. The SMILES string of the molecule is CC(=O)OC1=c2c(nc3c(c2-c2ccc(Br)cc2)C(=O)N(C)C(=O)[N+]=3C)-c2ccccc21. The molecule has 0 radical (unpaired) electrons. The number of ether oxygens (including phenoxy) is 1. The smallest absolute Gasteiger partial charge is 0.425 e. The second-order valence-electron chi connectivity index (χ2n) is 7.59. The number of pyridine rings is 1. The second kappa shape index (κ2) is 7.20. The Morgan fingerprint density at radius 1 is 1.03 bits per heavy atom. The number of halogens is 1. The van der Waals surface area contributed by atoms with Gasteiger partial charge in [0.2, 0.25) is 0 Å². The van der Waals surface area contributed by atoms with Crippen molar-refractivity contribution in [2.24, 2.45) is 0 Å². The average molecular weight is 491 g/mol. The van der Waals surface area contributed by atoms with Gasteiger partial charge in [-0.25, -0.2) is 9.59 Å². The highest BCUT2D eigenvalue weighted by atomic mass is 79.9. The van der Waals surface area contributed by atoms with Gasteiger partial charge in [0.05, 0.1) is 19.3 Å². The Morgan fingerprint density at radius 3 is 2.34 bits per heavy atom. The average Bonchev–Trinajstić information content (AvgIpc) is 3.08. The Labute approximate surface area is 191 Å². The van der Waals surface area contributed by atoms with E-state index in [9.17, 15) is 14.4 Å². The minimum atomic E-state index is -0.474. The Balaban J connectivity index is 2.06. The largest absolute Gasteiger partial charge is 0.445 e. The molecular weight excluding hydrogens is 474 g/mol. The molecule has 3 aromatic rings. The van der Waals surface area contributed by atoms with E-state index in [2.05, 4.69) is 15.9 Å². The van der Waals surface area contributed by atoms with E-state index < -0.39 is 17.9 Å². The van der Waals surface area contributed by atoms with Crippen molar-refractivity contribution in [1.29, 1.82) is 0 Å². The zero-order valence-corrected chi connectivity index (χ0v) is 19.1. The van der Waals surface area contributed by atoms with E-state index in [0.717, 1.165) is 20.5 Å². The predicted octanol–water partition coefficient (Wildman–Crippen LogP) is 2.54. The topological polar surface area (TPSA) is 79.6 Å². The third-order valence-electron chi connectivity index (χ3n) is 5.62. The van der Waals surface area contributed by atoms with Gasteiger partial charge in [0.25, 0.3) is 5.49 Å². The summed E-state index contributed by atoms with van der Waals surface area (Å²) in [6.45, 7) is 1.34. The monoisotopic (exact) mass is 490 g/mol. The highest BCUT2D eigenvalue weighted by Gasteiger charge is 2.40. The molecule has 2 aliphatic rings. The first kappa shape index (κ1) is 20.3. The zero-order valence-electron chi connectivity index (χ0n) is 17.5. The summed E-state index contributed by atoms with van der Waals surface area (Å²) in [7, 11) is 3.03. The maximum Gasteiger partial charge on any atom is 0.445 e. The van der Waals surface area contributed by atoms with Gasteiger partial charge in [0, 0.05) is 28.1 Å². The number of aromatic nitrogens is 1. The fraction of sp³-hybridized carbons (Fsp3) is 0.125. The van der Waals surface area contributed by atoms with Crippen LogP contribution in [0.3, 0.4) is 0 Å². The van der Waals surface area contributed by atoms with Crippen LogP contribution in [0.1, 0.15) is 22.8 Å². The molecule has 0 atom stereocenters. The number of urea groups is 1.